The van der Waals surface area contributed by atoms with E-state index in [0.29, 0.717) is 0 Å². The van der Waals surface area contributed by atoms with Crippen molar-refractivity contribution in [3.05, 3.63) is 12.2 Å². The van der Waals surface area contributed by atoms with Crippen molar-refractivity contribution in [1.82, 2.24) is 4.90 Å². The van der Waals surface area contributed by atoms with Crippen molar-refractivity contribution in [3.8, 4) is 0 Å². The Bertz CT molecular complexity index is 200. The molecule has 0 fully saturated rings. The van der Waals surface area contributed by atoms with E-state index in [4.69, 9.17) is 0 Å². The Morgan fingerprint density at radius 2 is 1.10 bits per heavy atom. The molecule has 0 saturated heterocycles. The Labute approximate surface area is 145 Å². The highest BCUT2D eigenvalue weighted by atomic mass is 79.9. The molecule has 0 atom stereocenters. The Hall–Kier alpha value is 0.180. The van der Waals surface area contributed by atoms with Crippen molar-refractivity contribution in [2.24, 2.45) is 0 Å². The summed E-state index contributed by atoms with van der Waals surface area (Å²) in [5, 5.41) is 0. The van der Waals surface area contributed by atoms with E-state index in [9.17, 15) is 0 Å². The van der Waals surface area contributed by atoms with Gasteiger partial charge in [-0.2, -0.15) is 0 Å². The molecule has 0 aliphatic heterocycles. The van der Waals surface area contributed by atoms with Gasteiger partial charge in [-0.05, 0) is 25.9 Å². The smallest absolute Gasteiger partial charge is 0.0162 e. The second-order valence-electron chi connectivity index (χ2n) is 5.93. The topological polar surface area (TPSA) is 3.24 Å². The second kappa shape index (κ2) is 20.2. The molecule has 1 nitrogen and oxygen atoms in total. The van der Waals surface area contributed by atoms with E-state index in [1.807, 2.05) is 0 Å². The van der Waals surface area contributed by atoms with Gasteiger partial charge in [0.1, 0.15) is 0 Å². The Morgan fingerprint density at radius 1 is 0.619 bits per heavy atom. The third-order valence-corrected chi connectivity index (χ3v) is 4.15. The van der Waals surface area contributed by atoms with Crippen LogP contribution < -0.4 is 0 Å². The summed E-state index contributed by atoms with van der Waals surface area (Å²) in [4.78, 5) is 2.45. The molecule has 0 N–H and O–H groups in total. The molecule has 0 rings (SSSR count). The van der Waals surface area contributed by atoms with Crippen molar-refractivity contribution in [3.63, 3.8) is 0 Å². The third kappa shape index (κ3) is 18.1. The quantitative estimate of drug-likeness (QED) is 0.229. The van der Waals surface area contributed by atoms with Gasteiger partial charge in [-0.3, -0.25) is 0 Å². The molecule has 128 valence electrons. The third-order valence-electron chi connectivity index (χ3n) is 4.15. The van der Waals surface area contributed by atoms with Gasteiger partial charge in [-0.15, -0.1) is 17.0 Å². The van der Waals surface area contributed by atoms with Crippen LogP contribution in [0.2, 0.25) is 0 Å². The highest BCUT2D eigenvalue weighted by Crippen LogP contribution is 2.11. The van der Waals surface area contributed by atoms with E-state index >= 15 is 0 Å². The number of rotatable bonds is 15. The largest absolute Gasteiger partial charge is 0.300 e. The first-order valence-corrected chi connectivity index (χ1v) is 9.22. The van der Waals surface area contributed by atoms with Crippen molar-refractivity contribution >= 4 is 17.0 Å². The molecule has 0 bridgehead atoms. The van der Waals surface area contributed by atoms with Gasteiger partial charge >= 0.3 is 0 Å². The number of nitrogens with zero attached hydrogens (tertiary/aromatic N) is 1. The van der Waals surface area contributed by atoms with Crippen LogP contribution in [0.5, 0.6) is 0 Å². The summed E-state index contributed by atoms with van der Waals surface area (Å²) in [6.45, 7) is 10.2. The number of hydrogen-bond acceptors (Lipinski definition) is 1. The minimum atomic E-state index is 0. The number of likely N-dealkylation sites (N-methyl/N-ethyl adjacent to an activating group) is 1. The number of unbranched alkanes of at least 4 members (excludes halogenated alkanes) is 10. The normalized spacial score (nSPS) is 11.2. The fourth-order valence-electron chi connectivity index (χ4n) is 2.57. The molecule has 0 heterocycles. The van der Waals surface area contributed by atoms with Crippen molar-refractivity contribution < 1.29 is 0 Å². The van der Waals surface area contributed by atoms with E-state index in [0.717, 1.165) is 6.54 Å². The maximum atomic E-state index is 2.45. The molecule has 0 saturated carbocycles. The zero-order chi connectivity index (χ0) is 14.9. The molecular formula is C19H40BrN. The molecule has 0 unspecified atom stereocenters. The van der Waals surface area contributed by atoms with Gasteiger partial charge in [0.05, 0.1) is 0 Å². The standard InChI is InChI=1S/C19H39N.BrH/c1-4-7-8-9-10-11-12-13-14-15-16-17-18-19-20(5-2)6-3;/h17-18H,4-16,19H2,1-3H3;1H. The maximum Gasteiger partial charge on any atom is 0.0162 e. The van der Waals surface area contributed by atoms with Crippen LogP contribution in [-0.2, 0) is 0 Å². The fraction of sp³-hybridized carbons (Fsp3) is 0.895. The molecule has 0 amide bonds. The predicted molar refractivity (Wildman–Crippen MR) is 104 cm³/mol. The van der Waals surface area contributed by atoms with Crippen LogP contribution in [0.15, 0.2) is 12.2 Å². The van der Waals surface area contributed by atoms with Crippen LogP contribution >= 0.6 is 17.0 Å². The Kier molecular flexibility index (Phi) is 22.5. The highest BCUT2D eigenvalue weighted by Gasteiger charge is 1.94. The lowest BCUT2D eigenvalue weighted by Gasteiger charge is -2.14. The molecule has 0 radical (unpaired) electrons. The summed E-state index contributed by atoms with van der Waals surface area (Å²) >= 11 is 0. The summed E-state index contributed by atoms with van der Waals surface area (Å²) in [6, 6.07) is 0. The summed E-state index contributed by atoms with van der Waals surface area (Å²) in [7, 11) is 0. The van der Waals surface area contributed by atoms with Crippen molar-refractivity contribution in [1.29, 1.82) is 0 Å². The van der Waals surface area contributed by atoms with Crippen molar-refractivity contribution in [2.45, 2.75) is 91.4 Å². The lowest BCUT2D eigenvalue weighted by molar-refractivity contribution is 0.337. The fourth-order valence-corrected chi connectivity index (χ4v) is 2.57. The lowest BCUT2D eigenvalue weighted by Crippen LogP contribution is -2.22. The van der Waals surface area contributed by atoms with Crippen LogP contribution in [0, 0.1) is 0 Å². The first kappa shape index (κ1) is 23.4. The van der Waals surface area contributed by atoms with E-state index < -0.39 is 0 Å². The molecule has 0 aromatic rings. The zero-order valence-electron chi connectivity index (χ0n) is 14.9. The molecule has 0 aliphatic rings. The first-order chi connectivity index (χ1) is 9.85. The summed E-state index contributed by atoms with van der Waals surface area (Å²) in [5.74, 6) is 0. The van der Waals surface area contributed by atoms with Gasteiger partial charge < -0.3 is 4.90 Å². The van der Waals surface area contributed by atoms with Crippen LogP contribution in [0.25, 0.3) is 0 Å². The molecule has 0 spiro atoms. The molecule has 0 aliphatic carbocycles. The van der Waals surface area contributed by atoms with E-state index in [2.05, 4.69) is 37.8 Å². The Morgan fingerprint density at radius 3 is 1.57 bits per heavy atom. The number of halogens is 1. The first-order valence-electron chi connectivity index (χ1n) is 9.22. The molecule has 21 heavy (non-hydrogen) atoms. The minimum Gasteiger partial charge on any atom is -0.300 e. The van der Waals surface area contributed by atoms with Crippen LogP contribution in [0.1, 0.15) is 91.4 Å². The lowest BCUT2D eigenvalue weighted by atomic mass is 10.1. The summed E-state index contributed by atoms with van der Waals surface area (Å²) < 4.78 is 0. The summed E-state index contributed by atoms with van der Waals surface area (Å²) in [5.41, 5.74) is 0. The van der Waals surface area contributed by atoms with Crippen molar-refractivity contribution in [2.75, 3.05) is 19.6 Å². The Balaban J connectivity index is 0. The maximum absolute atomic E-state index is 2.45. The van der Waals surface area contributed by atoms with Gasteiger partial charge in [0.2, 0.25) is 0 Å². The van der Waals surface area contributed by atoms with E-state index in [-0.39, 0.29) is 17.0 Å². The SMILES string of the molecule is Br.CCCCCCCCCCCCC=CCN(CC)CC. The number of hydrogen-bond donors (Lipinski definition) is 0. The van der Waals surface area contributed by atoms with Crippen LogP contribution in [0.4, 0.5) is 0 Å². The average molecular weight is 362 g/mol. The van der Waals surface area contributed by atoms with E-state index in [1.54, 1.807) is 0 Å². The average Bonchev–Trinajstić information content (AvgIpc) is 2.48. The minimum absolute atomic E-state index is 0. The van der Waals surface area contributed by atoms with E-state index in [1.165, 1.54) is 83.7 Å². The zero-order valence-corrected chi connectivity index (χ0v) is 16.6. The van der Waals surface area contributed by atoms with Crippen LogP contribution in [-0.4, -0.2) is 24.5 Å². The van der Waals surface area contributed by atoms with Gasteiger partial charge in [-0.25, -0.2) is 0 Å². The van der Waals surface area contributed by atoms with Gasteiger partial charge in [0.25, 0.3) is 0 Å². The molecular weight excluding hydrogens is 322 g/mol. The van der Waals surface area contributed by atoms with Crippen LogP contribution in [0.3, 0.4) is 0 Å². The van der Waals surface area contributed by atoms with Gasteiger partial charge in [-0.1, -0.05) is 90.7 Å². The molecule has 0 aromatic heterocycles. The molecule has 0 aromatic carbocycles. The van der Waals surface area contributed by atoms with Gasteiger partial charge in [0.15, 0.2) is 0 Å². The monoisotopic (exact) mass is 361 g/mol. The summed E-state index contributed by atoms with van der Waals surface area (Å²) in [6.07, 6.45) is 20.3. The second-order valence-corrected chi connectivity index (χ2v) is 5.93. The molecule has 2 heteroatoms. The highest BCUT2D eigenvalue weighted by molar-refractivity contribution is 8.93. The number of allylic oxidation sites excluding steroid dienone is 1. The van der Waals surface area contributed by atoms with Gasteiger partial charge in [0, 0.05) is 6.54 Å². The predicted octanol–water partition coefficient (Wildman–Crippen LogP) is 6.77.